The third kappa shape index (κ3) is 3.57. The summed E-state index contributed by atoms with van der Waals surface area (Å²) in [5.74, 6) is -0.810. The molecule has 16 heavy (non-hydrogen) atoms. The van der Waals surface area contributed by atoms with E-state index in [1.54, 1.807) is 6.92 Å². The summed E-state index contributed by atoms with van der Waals surface area (Å²) in [4.78, 5) is 11.6. The van der Waals surface area contributed by atoms with Gasteiger partial charge in [0.05, 0.1) is 4.47 Å². The van der Waals surface area contributed by atoms with Gasteiger partial charge in [-0.3, -0.25) is 4.79 Å². The lowest BCUT2D eigenvalue weighted by molar-refractivity contribution is 0.0934. The molecule has 0 saturated carbocycles. The van der Waals surface area contributed by atoms with Gasteiger partial charge in [0.25, 0.3) is 5.91 Å². The summed E-state index contributed by atoms with van der Waals surface area (Å²) in [6.07, 6.45) is 0.477. The van der Waals surface area contributed by atoms with E-state index >= 15 is 0 Å². The standard InChI is InChI=1S/C11H13BrFNO2/c1-7(4-5-15)14-11(16)8-2-3-9(12)10(13)6-8/h2-3,6-7,15H,4-5H2,1H3,(H,14,16). The predicted molar refractivity (Wildman–Crippen MR) is 62.7 cm³/mol. The van der Waals surface area contributed by atoms with E-state index in [1.165, 1.54) is 18.2 Å². The molecule has 0 aliphatic rings. The summed E-state index contributed by atoms with van der Waals surface area (Å²) in [6.45, 7) is 1.79. The molecule has 5 heteroatoms. The van der Waals surface area contributed by atoms with E-state index in [1.807, 2.05) is 0 Å². The second-order valence-corrected chi connectivity index (χ2v) is 4.37. The van der Waals surface area contributed by atoms with Gasteiger partial charge in [-0.1, -0.05) is 0 Å². The van der Waals surface area contributed by atoms with Gasteiger partial charge in [-0.05, 0) is 47.5 Å². The Morgan fingerprint density at radius 2 is 2.31 bits per heavy atom. The molecule has 0 aromatic heterocycles. The molecule has 1 atom stereocenters. The van der Waals surface area contributed by atoms with Crippen LogP contribution in [0.15, 0.2) is 22.7 Å². The Balaban J connectivity index is 2.69. The maximum atomic E-state index is 13.2. The van der Waals surface area contributed by atoms with Crippen molar-refractivity contribution < 1.29 is 14.3 Å². The van der Waals surface area contributed by atoms with Crippen molar-refractivity contribution in [2.24, 2.45) is 0 Å². The van der Waals surface area contributed by atoms with Crippen LogP contribution in [0.5, 0.6) is 0 Å². The first-order chi connectivity index (χ1) is 7.54. The first kappa shape index (κ1) is 13.1. The van der Waals surface area contributed by atoms with Crippen molar-refractivity contribution in [3.63, 3.8) is 0 Å². The van der Waals surface area contributed by atoms with Crippen molar-refractivity contribution >= 4 is 21.8 Å². The van der Waals surface area contributed by atoms with Crippen molar-refractivity contribution in [3.05, 3.63) is 34.1 Å². The fourth-order valence-electron chi connectivity index (χ4n) is 1.21. The third-order valence-corrected chi connectivity index (χ3v) is 2.76. The van der Waals surface area contributed by atoms with Crippen molar-refractivity contribution in [3.8, 4) is 0 Å². The minimum atomic E-state index is -0.470. The molecule has 88 valence electrons. The normalized spacial score (nSPS) is 12.2. The molecule has 2 N–H and O–H groups in total. The second kappa shape index (κ2) is 5.96. The van der Waals surface area contributed by atoms with Gasteiger partial charge < -0.3 is 10.4 Å². The topological polar surface area (TPSA) is 49.3 Å². The highest BCUT2D eigenvalue weighted by atomic mass is 79.9. The number of benzene rings is 1. The Bertz CT molecular complexity index is 384. The molecule has 0 bridgehead atoms. The number of carbonyl (C=O) groups excluding carboxylic acids is 1. The lowest BCUT2D eigenvalue weighted by Crippen LogP contribution is -2.33. The maximum absolute atomic E-state index is 13.2. The average molecular weight is 290 g/mol. The fraction of sp³-hybridized carbons (Fsp3) is 0.364. The van der Waals surface area contributed by atoms with Crippen LogP contribution >= 0.6 is 15.9 Å². The Morgan fingerprint density at radius 1 is 1.62 bits per heavy atom. The van der Waals surface area contributed by atoms with Crippen LogP contribution in [0, 0.1) is 5.82 Å². The Hall–Kier alpha value is -0.940. The fourth-order valence-corrected chi connectivity index (χ4v) is 1.46. The van der Waals surface area contributed by atoms with Gasteiger partial charge in [-0.2, -0.15) is 0 Å². The third-order valence-electron chi connectivity index (χ3n) is 2.12. The Morgan fingerprint density at radius 3 is 2.88 bits per heavy atom. The number of carbonyl (C=O) groups is 1. The van der Waals surface area contributed by atoms with Gasteiger partial charge in [0.1, 0.15) is 5.82 Å². The largest absolute Gasteiger partial charge is 0.396 e. The molecular formula is C11H13BrFNO2. The van der Waals surface area contributed by atoms with Gasteiger partial charge in [-0.15, -0.1) is 0 Å². The summed E-state index contributed by atoms with van der Waals surface area (Å²) >= 11 is 3.01. The zero-order chi connectivity index (χ0) is 12.1. The zero-order valence-corrected chi connectivity index (χ0v) is 10.4. The monoisotopic (exact) mass is 289 g/mol. The summed E-state index contributed by atoms with van der Waals surface area (Å²) in [5.41, 5.74) is 0.269. The lowest BCUT2D eigenvalue weighted by Gasteiger charge is -2.12. The molecule has 0 heterocycles. The minimum absolute atomic E-state index is 0.0101. The molecule has 0 spiro atoms. The predicted octanol–water partition coefficient (Wildman–Crippen LogP) is 2.09. The van der Waals surface area contributed by atoms with Gasteiger partial charge >= 0.3 is 0 Å². The quantitative estimate of drug-likeness (QED) is 0.892. The Labute approximate surface area is 102 Å². The van der Waals surface area contributed by atoms with Gasteiger partial charge in [0, 0.05) is 18.2 Å². The molecule has 1 aromatic carbocycles. The highest BCUT2D eigenvalue weighted by Gasteiger charge is 2.11. The number of nitrogens with one attached hydrogen (secondary N) is 1. The zero-order valence-electron chi connectivity index (χ0n) is 8.84. The van der Waals surface area contributed by atoms with E-state index in [2.05, 4.69) is 21.2 Å². The number of rotatable bonds is 4. The molecule has 1 rings (SSSR count). The van der Waals surface area contributed by atoms with Crippen LogP contribution in [-0.2, 0) is 0 Å². The Kier molecular flexibility index (Phi) is 4.89. The second-order valence-electron chi connectivity index (χ2n) is 3.52. The van der Waals surface area contributed by atoms with Crippen LogP contribution in [0.1, 0.15) is 23.7 Å². The van der Waals surface area contributed by atoms with E-state index in [9.17, 15) is 9.18 Å². The van der Waals surface area contributed by atoms with E-state index in [0.29, 0.717) is 10.9 Å². The molecule has 0 aliphatic heterocycles. The van der Waals surface area contributed by atoms with Crippen molar-refractivity contribution in [2.45, 2.75) is 19.4 Å². The molecule has 0 aliphatic carbocycles. The highest BCUT2D eigenvalue weighted by molar-refractivity contribution is 9.10. The molecular weight excluding hydrogens is 277 g/mol. The van der Waals surface area contributed by atoms with Crippen LogP contribution < -0.4 is 5.32 Å². The summed E-state index contributed by atoms with van der Waals surface area (Å²) in [5, 5.41) is 11.3. The van der Waals surface area contributed by atoms with Gasteiger partial charge in [0.2, 0.25) is 0 Å². The SMILES string of the molecule is CC(CCO)NC(=O)c1ccc(Br)c(F)c1. The summed E-state index contributed by atoms with van der Waals surface area (Å²) in [7, 11) is 0. The van der Waals surface area contributed by atoms with Crippen molar-refractivity contribution in [1.82, 2.24) is 5.32 Å². The van der Waals surface area contributed by atoms with Crippen molar-refractivity contribution in [1.29, 1.82) is 0 Å². The number of halogens is 2. The van der Waals surface area contributed by atoms with Crippen LogP contribution in [-0.4, -0.2) is 23.7 Å². The molecule has 0 radical (unpaired) electrons. The molecule has 1 aromatic rings. The molecule has 1 unspecified atom stereocenters. The first-order valence-electron chi connectivity index (χ1n) is 4.91. The molecule has 0 saturated heterocycles. The number of hydrogen-bond donors (Lipinski definition) is 2. The molecule has 1 amide bonds. The summed E-state index contributed by atoms with van der Waals surface area (Å²) < 4.78 is 13.5. The van der Waals surface area contributed by atoms with Crippen LogP contribution in [0.2, 0.25) is 0 Å². The molecule has 3 nitrogen and oxygen atoms in total. The lowest BCUT2D eigenvalue weighted by atomic mass is 10.2. The van der Waals surface area contributed by atoms with E-state index in [4.69, 9.17) is 5.11 Å². The number of hydrogen-bond acceptors (Lipinski definition) is 2. The van der Waals surface area contributed by atoms with E-state index < -0.39 is 5.82 Å². The highest BCUT2D eigenvalue weighted by Crippen LogP contribution is 2.16. The number of aliphatic hydroxyl groups is 1. The molecule has 0 fully saturated rings. The van der Waals surface area contributed by atoms with E-state index in [0.717, 1.165) is 0 Å². The van der Waals surface area contributed by atoms with Gasteiger partial charge in [-0.25, -0.2) is 4.39 Å². The van der Waals surface area contributed by atoms with E-state index in [-0.39, 0.29) is 24.1 Å². The van der Waals surface area contributed by atoms with Crippen LogP contribution in [0.25, 0.3) is 0 Å². The van der Waals surface area contributed by atoms with Gasteiger partial charge in [0.15, 0.2) is 0 Å². The van der Waals surface area contributed by atoms with Crippen LogP contribution in [0.3, 0.4) is 0 Å². The van der Waals surface area contributed by atoms with Crippen molar-refractivity contribution in [2.75, 3.05) is 6.61 Å². The average Bonchev–Trinajstić information content (AvgIpc) is 2.22. The smallest absolute Gasteiger partial charge is 0.251 e. The first-order valence-corrected chi connectivity index (χ1v) is 5.70. The number of aliphatic hydroxyl groups excluding tert-OH is 1. The summed E-state index contributed by atoms with van der Waals surface area (Å²) in [6, 6.07) is 4.06. The van der Waals surface area contributed by atoms with Crippen LogP contribution in [0.4, 0.5) is 4.39 Å². The number of amides is 1. The maximum Gasteiger partial charge on any atom is 0.251 e. The minimum Gasteiger partial charge on any atom is -0.396 e.